The van der Waals surface area contributed by atoms with Crippen LogP contribution >= 0.6 is 7.82 Å². The molecule has 11 heteroatoms. The number of Topliss-reactive ketones (excluding diaryl/α,β-unsaturated/α-hetero) is 1. The number of hydrogen-bond donors (Lipinski definition) is 2. The first kappa shape index (κ1) is 29.3. The maximum atomic E-state index is 12.8. The number of ketones is 2. The van der Waals surface area contributed by atoms with Crippen molar-refractivity contribution in [3.8, 4) is 0 Å². The number of phosphoric ester groups is 1. The number of hydrogen-bond acceptors (Lipinski definition) is 8. The molecule has 3 unspecified atom stereocenters. The average Bonchev–Trinajstić information content (AvgIpc) is 2.91. The molecular formula is C21H29Na2O8P. The summed E-state index contributed by atoms with van der Waals surface area (Å²) in [6.07, 6.45) is 4.59. The third-order valence-electron chi connectivity index (χ3n) is 8.86. The molecule has 168 valence electrons. The fourth-order valence-corrected chi connectivity index (χ4v) is 7.68. The van der Waals surface area contributed by atoms with E-state index in [9.17, 15) is 34.2 Å². The van der Waals surface area contributed by atoms with Crippen LogP contribution in [-0.4, -0.2) is 40.1 Å². The van der Waals surface area contributed by atoms with Crippen molar-refractivity contribution in [2.24, 2.45) is 28.6 Å². The average molecular weight is 486 g/mol. The maximum absolute atomic E-state index is 12.8. The summed E-state index contributed by atoms with van der Waals surface area (Å²) in [7, 11) is -5.33. The molecule has 4 rings (SSSR count). The van der Waals surface area contributed by atoms with E-state index in [1.54, 1.807) is 13.0 Å². The van der Waals surface area contributed by atoms with Crippen LogP contribution in [0.3, 0.4) is 0 Å². The third kappa shape index (κ3) is 4.62. The Hall–Kier alpha value is 1.11. The summed E-state index contributed by atoms with van der Waals surface area (Å²) in [4.78, 5) is 46.3. The van der Waals surface area contributed by atoms with Gasteiger partial charge in [-0.2, -0.15) is 0 Å². The van der Waals surface area contributed by atoms with Crippen LogP contribution < -0.4 is 68.9 Å². The van der Waals surface area contributed by atoms with E-state index in [0.29, 0.717) is 19.3 Å². The van der Waals surface area contributed by atoms with Crippen LogP contribution in [0.2, 0.25) is 0 Å². The van der Waals surface area contributed by atoms with Gasteiger partial charge in [-0.25, -0.2) is 0 Å². The molecule has 0 aromatic heterocycles. The van der Waals surface area contributed by atoms with E-state index in [1.807, 2.05) is 0 Å². The summed E-state index contributed by atoms with van der Waals surface area (Å²) in [5.41, 5.74) is -1.96. The summed E-state index contributed by atoms with van der Waals surface area (Å²) in [6, 6.07) is 0. The standard InChI is InChI=1S/C21H31O8P.2Na/c1-19-7-5-13(22)9-12(19)3-4-14-15-6-8-21(25,17(24)11-29-30(26,27)28)20(15,2)10-16(23)18(14)19;;/h9,14-16,18,23,25H,3-8,10-11H2,1-2H3,(H2,26,27,28);;/q;2*+1/p-2/t14?,15?,16-,18?,19-,20-,21-;;/m0../s1. The molecule has 4 aliphatic carbocycles. The zero-order valence-corrected chi connectivity index (χ0v) is 24.2. The summed E-state index contributed by atoms with van der Waals surface area (Å²) >= 11 is 0. The number of carbonyl (C=O) groups excluding carboxylic acids is 2. The van der Waals surface area contributed by atoms with Crippen molar-refractivity contribution in [1.29, 1.82) is 0 Å². The number of phosphoric acid groups is 1. The Bertz CT molecular complexity index is 859. The van der Waals surface area contributed by atoms with Gasteiger partial charge in [-0.3, -0.25) is 9.59 Å². The van der Waals surface area contributed by atoms with Crippen molar-refractivity contribution in [2.75, 3.05) is 6.61 Å². The molecule has 3 saturated carbocycles. The van der Waals surface area contributed by atoms with E-state index in [-0.39, 0.29) is 101 Å². The minimum absolute atomic E-state index is 0. The first-order valence-electron chi connectivity index (χ1n) is 10.7. The second kappa shape index (κ2) is 9.87. The molecule has 0 radical (unpaired) electrons. The molecule has 0 saturated heterocycles. The monoisotopic (exact) mass is 486 g/mol. The zero-order valence-electron chi connectivity index (χ0n) is 19.3. The Morgan fingerprint density at radius 1 is 1.22 bits per heavy atom. The molecule has 8 nitrogen and oxygen atoms in total. The van der Waals surface area contributed by atoms with E-state index in [4.69, 9.17) is 0 Å². The summed E-state index contributed by atoms with van der Waals surface area (Å²) in [5, 5.41) is 22.6. The van der Waals surface area contributed by atoms with Gasteiger partial charge in [-0.15, -0.1) is 0 Å². The quantitative estimate of drug-likeness (QED) is 0.296. The SMILES string of the molecule is C[C@]12CCC(=O)C=C1CCC1C2[C@@H](O)C[C@@]2(C)C1CC[C@]2(O)C(=O)COP(=O)([O-])[O-].[Na+].[Na+]. The molecule has 0 heterocycles. The van der Waals surface area contributed by atoms with Gasteiger partial charge in [0.25, 0.3) is 0 Å². The topological polar surface area (TPSA) is 147 Å². The van der Waals surface area contributed by atoms with Gasteiger partial charge in [0.15, 0.2) is 11.6 Å². The van der Waals surface area contributed by atoms with Crippen LogP contribution in [0.15, 0.2) is 11.6 Å². The molecule has 32 heavy (non-hydrogen) atoms. The van der Waals surface area contributed by atoms with Gasteiger partial charge in [-0.1, -0.05) is 19.4 Å². The van der Waals surface area contributed by atoms with E-state index in [2.05, 4.69) is 11.4 Å². The van der Waals surface area contributed by atoms with Crippen LogP contribution in [-0.2, 0) is 18.7 Å². The number of carbonyl (C=O) groups is 2. The molecule has 3 fully saturated rings. The van der Waals surface area contributed by atoms with Crippen molar-refractivity contribution in [1.82, 2.24) is 0 Å². The zero-order chi connectivity index (χ0) is 22.1. The van der Waals surface area contributed by atoms with Crippen molar-refractivity contribution in [2.45, 2.75) is 70.5 Å². The predicted octanol–water partition coefficient (Wildman–Crippen LogP) is -5.36. The van der Waals surface area contributed by atoms with E-state index in [0.717, 1.165) is 18.4 Å². The Morgan fingerprint density at radius 2 is 1.88 bits per heavy atom. The molecule has 0 aromatic rings. The Kier molecular flexibility index (Phi) is 9.05. The molecular weight excluding hydrogens is 457 g/mol. The fourth-order valence-electron chi connectivity index (χ4n) is 7.41. The summed E-state index contributed by atoms with van der Waals surface area (Å²) in [5.74, 6) is -0.688. The van der Waals surface area contributed by atoms with Gasteiger partial charge in [0.1, 0.15) is 12.2 Å². The largest absolute Gasteiger partial charge is 1.00 e. The van der Waals surface area contributed by atoms with E-state index >= 15 is 0 Å². The molecule has 0 amide bonds. The minimum Gasteiger partial charge on any atom is -0.790 e. The molecule has 0 bridgehead atoms. The number of aliphatic hydroxyl groups is 2. The Balaban J connectivity index is 0.00000181. The van der Waals surface area contributed by atoms with Gasteiger partial charge in [0.05, 0.1) is 13.9 Å². The van der Waals surface area contributed by atoms with Crippen LogP contribution in [0.25, 0.3) is 0 Å². The summed E-state index contributed by atoms with van der Waals surface area (Å²) < 4.78 is 15.0. The Morgan fingerprint density at radius 3 is 2.50 bits per heavy atom. The number of allylic oxidation sites excluding steroid dienone is 1. The second-order valence-corrected chi connectivity index (χ2v) is 11.3. The van der Waals surface area contributed by atoms with Gasteiger partial charge >= 0.3 is 59.1 Å². The number of aliphatic hydroxyl groups excluding tert-OH is 1. The minimum atomic E-state index is -5.33. The molecule has 0 spiro atoms. The predicted molar refractivity (Wildman–Crippen MR) is 102 cm³/mol. The van der Waals surface area contributed by atoms with Crippen molar-refractivity contribution in [3.05, 3.63) is 11.6 Å². The molecule has 2 N–H and O–H groups in total. The van der Waals surface area contributed by atoms with Gasteiger partial charge < -0.3 is 29.1 Å². The van der Waals surface area contributed by atoms with Crippen molar-refractivity contribution in [3.63, 3.8) is 0 Å². The first-order chi connectivity index (χ1) is 13.8. The van der Waals surface area contributed by atoms with Gasteiger partial charge in [0.2, 0.25) is 0 Å². The van der Waals surface area contributed by atoms with E-state index in [1.165, 1.54) is 0 Å². The smallest absolute Gasteiger partial charge is 0.790 e. The summed E-state index contributed by atoms with van der Waals surface area (Å²) in [6.45, 7) is 2.92. The van der Waals surface area contributed by atoms with Crippen molar-refractivity contribution >= 4 is 19.4 Å². The molecule has 4 aliphatic rings. The first-order valence-corrected chi connectivity index (χ1v) is 12.1. The second-order valence-electron chi connectivity index (χ2n) is 10.1. The van der Waals surface area contributed by atoms with Crippen LogP contribution in [0.4, 0.5) is 0 Å². The van der Waals surface area contributed by atoms with Crippen LogP contribution in [0.1, 0.15) is 58.8 Å². The van der Waals surface area contributed by atoms with Crippen molar-refractivity contribution < 1.29 is 97.8 Å². The van der Waals surface area contributed by atoms with Crippen LogP contribution in [0, 0.1) is 28.6 Å². The molecule has 7 atom stereocenters. The normalized spacial score (nSPS) is 43.1. The fraction of sp³-hybridized carbons (Fsp3) is 0.810. The number of rotatable bonds is 4. The maximum Gasteiger partial charge on any atom is 1.00 e. The third-order valence-corrected chi connectivity index (χ3v) is 9.31. The van der Waals surface area contributed by atoms with Crippen LogP contribution in [0.5, 0.6) is 0 Å². The van der Waals surface area contributed by atoms with Gasteiger partial charge in [0, 0.05) is 11.8 Å². The van der Waals surface area contributed by atoms with Gasteiger partial charge in [-0.05, 0) is 67.8 Å². The number of fused-ring (bicyclic) bond motifs is 5. The Labute approximate surface area is 232 Å². The molecule has 0 aromatic carbocycles. The molecule has 0 aliphatic heterocycles. The van der Waals surface area contributed by atoms with E-state index < -0.39 is 37.3 Å².